The number of sulfone groups is 1. The van der Waals surface area contributed by atoms with Gasteiger partial charge in [-0.25, -0.2) is 8.42 Å². The summed E-state index contributed by atoms with van der Waals surface area (Å²) < 4.78 is 23.6. The van der Waals surface area contributed by atoms with Gasteiger partial charge in [-0.3, -0.25) is 0 Å². The zero-order chi connectivity index (χ0) is 10.2. The van der Waals surface area contributed by atoms with Gasteiger partial charge < -0.3 is 4.79 Å². The zero-order valence-corrected chi connectivity index (χ0v) is 8.28. The first kappa shape index (κ1) is 9.40. The second-order valence-corrected chi connectivity index (χ2v) is 5.60. The molecule has 4 heteroatoms. The Bertz CT molecular complexity index is 436. The van der Waals surface area contributed by atoms with Crippen LogP contribution in [0.4, 0.5) is 0 Å². The standard InChI is InChI=1S/C10H10O3S/c11-7-8-6-10(8)14(12,13)9-4-2-1-3-5-9/h1-5,7-8,10H,6H2/t8-,10+/m0/s1. The third-order valence-electron chi connectivity index (χ3n) is 2.42. The van der Waals surface area contributed by atoms with Crippen LogP contribution in [0.1, 0.15) is 6.42 Å². The van der Waals surface area contributed by atoms with Gasteiger partial charge in [0.15, 0.2) is 9.84 Å². The van der Waals surface area contributed by atoms with Crippen LogP contribution in [0.25, 0.3) is 0 Å². The van der Waals surface area contributed by atoms with Crippen LogP contribution >= 0.6 is 0 Å². The Morgan fingerprint density at radius 2 is 1.86 bits per heavy atom. The van der Waals surface area contributed by atoms with Crippen molar-refractivity contribution in [2.45, 2.75) is 16.6 Å². The van der Waals surface area contributed by atoms with E-state index >= 15 is 0 Å². The van der Waals surface area contributed by atoms with Gasteiger partial charge in [0.25, 0.3) is 0 Å². The summed E-state index contributed by atoms with van der Waals surface area (Å²) in [5.74, 6) is -0.291. The van der Waals surface area contributed by atoms with Crippen molar-refractivity contribution in [2.24, 2.45) is 5.92 Å². The van der Waals surface area contributed by atoms with Crippen molar-refractivity contribution >= 4 is 16.1 Å². The van der Waals surface area contributed by atoms with Crippen molar-refractivity contribution in [1.82, 2.24) is 0 Å². The SMILES string of the molecule is O=C[C@@H]1C[C@H]1S(=O)(=O)c1ccccc1. The molecule has 1 fully saturated rings. The molecule has 0 spiro atoms. The molecule has 74 valence electrons. The molecule has 0 aliphatic heterocycles. The number of hydrogen-bond acceptors (Lipinski definition) is 3. The predicted molar refractivity (Wildman–Crippen MR) is 51.6 cm³/mol. The van der Waals surface area contributed by atoms with Gasteiger partial charge in [0.2, 0.25) is 0 Å². The van der Waals surface area contributed by atoms with Crippen LogP contribution in [-0.2, 0) is 14.6 Å². The van der Waals surface area contributed by atoms with E-state index in [9.17, 15) is 13.2 Å². The van der Waals surface area contributed by atoms with Gasteiger partial charge >= 0.3 is 0 Å². The van der Waals surface area contributed by atoms with Gasteiger partial charge in [0.1, 0.15) is 6.29 Å². The Balaban J connectivity index is 2.31. The molecule has 1 aromatic carbocycles. The van der Waals surface area contributed by atoms with Gasteiger partial charge in [-0.2, -0.15) is 0 Å². The maximum atomic E-state index is 11.8. The normalized spacial score (nSPS) is 25.7. The summed E-state index contributed by atoms with van der Waals surface area (Å²) in [5.41, 5.74) is 0. The molecular weight excluding hydrogens is 200 g/mol. The number of carbonyl (C=O) groups excluding carboxylic acids is 1. The molecule has 0 radical (unpaired) electrons. The molecule has 0 bridgehead atoms. The quantitative estimate of drug-likeness (QED) is 0.701. The minimum absolute atomic E-state index is 0.291. The smallest absolute Gasteiger partial charge is 0.181 e. The molecule has 2 atom stereocenters. The molecule has 0 heterocycles. The number of carbonyl (C=O) groups is 1. The zero-order valence-electron chi connectivity index (χ0n) is 7.46. The molecular formula is C10H10O3S. The van der Waals surface area contributed by atoms with Gasteiger partial charge in [0, 0.05) is 5.92 Å². The van der Waals surface area contributed by atoms with E-state index in [-0.39, 0.29) is 5.92 Å². The van der Waals surface area contributed by atoms with Gasteiger partial charge in [-0.05, 0) is 18.6 Å². The van der Waals surface area contributed by atoms with Gasteiger partial charge in [0.05, 0.1) is 10.1 Å². The van der Waals surface area contributed by atoms with E-state index in [2.05, 4.69) is 0 Å². The van der Waals surface area contributed by atoms with Crippen LogP contribution in [-0.4, -0.2) is 20.0 Å². The lowest BCUT2D eigenvalue weighted by Crippen LogP contribution is -2.09. The maximum Gasteiger partial charge on any atom is 0.181 e. The van der Waals surface area contributed by atoms with Crippen molar-refractivity contribution in [1.29, 1.82) is 0 Å². The Hall–Kier alpha value is -1.16. The van der Waals surface area contributed by atoms with E-state index in [0.717, 1.165) is 6.29 Å². The van der Waals surface area contributed by atoms with Crippen LogP contribution in [0.3, 0.4) is 0 Å². The van der Waals surface area contributed by atoms with Crippen LogP contribution in [0, 0.1) is 5.92 Å². The van der Waals surface area contributed by atoms with Crippen LogP contribution in [0.2, 0.25) is 0 Å². The van der Waals surface area contributed by atoms with Crippen LogP contribution < -0.4 is 0 Å². The summed E-state index contributed by atoms with van der Waals surface area (Å²) in [7, 11) is -3.26. The number of rotatable bonds is 3. The molecule has 0 amide bonds. The van der Waals surface area contributed by atoms with E-state index in [1.807, 2.05) is 0 Å². The summed E-state index contributed by atoms with van der Waals surface area (Å²) in [4.78, 5) is 10.7. The first-order valence-corrected chi connectivity index (χ1v) is 5.95. The molecule has 1 aliphatic rings. The molecule has 0 N–H and O–H groups in total. The fraction of sp³-hybridized carbons (Fsp3) is 0.300. The third kappa shape index (κ3) is 1.46. The molecule has 1 saturated carbocycles. The fourth-order valence-electron chi connectivity index (χ4n) is 1.47. The van der Waals surface area contributed by atoms with Crippen molar-refractivity contribution in [3.63, 3.8) is 0 Å². The van der Waals surface area contributed by atoms with E-state index in [1.165, 1.54) is 0 Å². The average Bonchev–Trinajstić information content (AvgIpc) is 2.98. The van der Waals surface area contributed by atoms with E-state index in [1.54, 1.807) is 30.3 Å². The van der Waals surface area contributed by atoms with E-state index < -0.39 is 15.1 Å². The summed E-state index contributed by atoms with van der Waals surface area (Å²) in [6.45, 7) is 0. The highest BCUT2D eigenvalue weighted by atomic mass is 32.2. The highest BCUT2D eigenvalue weighted by Gasteiger charge is 2.47. The first-order chi connectivity index (χ1) is 6.66. The molecule has 0 unspecified atom stereocenters. The third-order valence-corrected chi connectivity index (χ3v) is 4.69. The maximum absolute atomic E-state index is 11.8. The second kappa shape index (κ2) is 3.20. The van der Waals surface area contributed by atoms with Crippen LogP contribution in [0.15, 0.2) is 35.2 Å². The monoisotopic (exact) mass is 210 g/mol. The van der Waals surface area contributed by atoms with Crippen LogP contribution in [0.5, 0.6) is 0 Å². The van der Waals surface area contributed by atoms with Crippen molar-refractivity contribution in [3.8, 4) is 0 Å². The number of aldehydes is 1. The molecule has 0 saturated heterocycles. The molecule has 3 nitrogen and oxygen atoms in total. The molecule has 14 heavy (non-hydrogen) atoms. The van der Waals surface area contributed by atoms with Gasteiger partial charge in [-0.15, -0.1) is 0 Å². The van der Waals surface area contributed by atoms with E-state index in [0.29, 0.717) is 11.3 Å². The lowest BCUT2D eigenvalue weighted by Gasteiger charge is -2.00. The summed E-state index contributed by atoms with van der Waals surface area (Å²) in [6.07, 6.45) is 1.20. The Labute approximate surface area is 82.7 Å². The number of hydrogen-bond donors (Lipinski definition) is 0. The Morgan fingerprint density at radius 1 is 1.21 bits per heavy atom. The van der Waals surface area contributed by atoms with Crippen molar-refractivity contribution in [3.05, 3.63) is 30.3 Å². The Morgan fingerprint density at radius 3 is 2.36 bits per heavy atom. The van der Waals surface area contributed by atoms with E-state index in [4.69, 9.17) is 0 Å². The average molecular weight is 210 g/mol. The summed E-state index contributed by atoms with van der Waals surface area (Å²) in [5, 5.41) is -0.484. The summed E-state index contributed by atoms with van der Waals surface area (Å²) in [6, 6.07) is 8.27. The lowest BCUT2D eigenvalue weighted by molar-refractivity contribution is -0.108. The minimum Gasteiger partial charge on any atom is -0.303 e. The van der Waals surface area contributed by atoms with Crippen molar-refractivity contribution in [2.75, 3.05) is 0 Å². The fourth-order valence-corrected chi connectivity index (χ4v) is 3.36. The predicted octanol–water partition coefficient (Wildman–Crippen LogP) is 1.05. The largest absolute Gasteiger partial charge is 0.303 e. The minimum atomic E-state index is -3.26. The van der Waals surface area contributed by atoms with Crippen molar-refractivity contribution < 1.29 is 13.2 Å². The lowest BCUT2D eigenvalue weighted by atomic mass is 10.4. The highest BCUT2D eigenvalue weighted by molar-refractivity contribution is 7.92. The highest BCUT2D eigenvalue weighted by Crippen LogP contribution is 2.38. The summed E-state index contributed by atoms with van der Waals surface area (Å²) >= 11 is 0. The molecule has 1 aliphatic carbocycles. The first-order valence-electron chi connectivity index (χ1n) is 4.40. The number of benzene rings is 1. The Kier molecular flexibility index (Phi) is 2.15. The second-order valence-electron chi connectivity index (χ2n) is 3.43. The molecule has 2 rings (SSSR count). The molecule has 1 aromatic rings. The van der Waals surface area contributed by atoms with Gasteiger partial charge in [-0.1, -0.05) is 18.2 Å². The topological polar surface area (TPSA) is 51.2 Å². The molecule has 0 aromatic heterocycles.